The van der Waals surface area contributed by atoms with Crippen LogP contribution in [0.15, 0.2) is 0 Å². The summed E-state index contributed by atoms with van der Waals surface area (Å²) in [4.78, 5) is 28.1. The van der Waals surface area contributed by atoms with Gasteiger partial charge in [-0.25, -0.2) is 0 Å². The van der Waals surface area contributed by atoms with Gasteiger partial charge in [-0.15, -0.1) is 0 Å². The van der Waals surface area contributed by atoms with Gasteiger partial charge in [0.15, 0.2) is 5.69 Å². The van der Waals surface area contributed by atoms with Crippen molar-refractivity contribution in [3.05, 3.63) is 33.9 Å². The highest BCUT2D eigenvalue weighted by atomic mass is 16.2. The Morgan fingerprint density at radius 2 is 1.90 bits per heavy atom. The Balaban J connectivity index is 1.45. The molecule has 3 heterocycles. The first-order valence-electron chi connectivity index (χ1n) is 11.3. The van der Waals surface area contributed by atoms with Gasteiger partial charge in [0.2, 0.25) is 0 Å². The van der Waals surface area contributed by atoms with Gasteiger partial charge in [0.05, 0.1) is 12.2 Å². The van der Waals surface area contributed by atoms with Crippen molar-refractivity contribution in [2.75, 3.05) is 13.1 Å². The van der Waals surface area contributed by atoms with E-state index in [1.165, 1.54) is 12.8 Å². The summed E-state index contributed by atoms with van der Waals surface area (Å²) in [5.74, 6) is 0.558. The lowest BCUT2D eigenvalue weighted by Gasteiger charge is -2.28. The minimum atomic E-state index is -0.143. The van der Waals surface area contributed by atoms with E-state index in [-0.39, 0.29) is 11.8 Å². The second kappa shape index (κ2) is 7.56. The van der Waals surface area contributed by atoms with E-state index in [9.17, 15) is 9.59 Å². The molecule has 5 rings (SSSR count). The first kappa shape index (κ1) is 19.3. The highest BCUT2D eigenvalue weighted by molar-refractivity contribution is 5.96. The molecule has 0 aromatic carbocycles. The van der Waals surface area contributed by atoms with Gasteiger partial charge >= 0.3 is 0 Å². The van der Waals surface area contributed by atoms with Gasteiger partial charge in [-0.1, -0.05) is 0 Å². The van der Waals surface area contributed by atoms with E-state index < -0.39 is 0 Å². The lowest BCUT2D eigenvalue weighted by Crippen LogP contribution is -2.38. The number of fused-ring (bicyclic) bond motifs is 2. The number of amides is 2. The average molecular weight is 411 g/mol. The molecule has 2 aromatic rings. The third-order valence-corrected chi connectivity index (χ3v) is 6.62. The molecular weight excluding hydrogens is 380 g/mol. The van der Waals surface area contributed by atoms with Crippen LogP contribution in [0.25, 0.3) is 0 Å². The number of hydrogen-bond acceptors (Lipinski definition) is 4. The number of carbonyl (C=O) groups is 2. The number of aromatic nitrogens is 4. The van der Waals surface area contributed by atoms with E-state index in [1.807, 2.05) is 23.6 Å². The molecule has 1 fully saturated rings. The van der Waals surface area contributed by atoms with Gasteiger partial charge in [-0.2, -0.15) is 10.2 Å². The Morgan fingerprint density at radius 3 is 2.67 bits per heavy atom. The molecule has 0 bridgehead atoms. The van der Waals surface area contributed by atoms with Gasteiger partial charge in [0.25, 0.3) is 11.8 Å². The maximum absolute atomic E-state index is 13.5. The van der Waals surface area contributed by atoms with E-state index in [4.69, 9.17) is 0 Å². The molecule has 8 heteroatoms. The summed E-state index contributed by atoms with van der Waals surface area (Å²) >= 11 is 0. The summed E-state index contributed by atoms with van der Waals surface area (Å²) < 4.78 is 3.79. The number of aryl methyl sites for hydroxylation is 2. The molecule has 30 heavy (non-hydrogen) atoms. The van der Waals surface area contributed by atoms with Crippen molar-refractivity contribution in [2.24, 2.45) is 13.0 Å². The fourth-order valence-corrected chi connectivity index (χ4v) is 4.89. The molecule has 1 saturated carbocycles. The average Bonchev–Trinajstić information content (AvgIpc) is 3.39. The van der Waals surface area contributed by atoms with Crippen LogP contribution in [0.4, 0.5) is 0 Å². The third-order valence-electron chi connectivity index (χ3n) is 6.62. The van der Waals surface area contributed by atoms with E-state index in [2.05, 4.69) is 15.5 Å². The largest absolute Gasteiger partial charge is 0.351 e. The summed E-state index contributed by atoms with van der Waals surface area (Å²) in [5.41, 5.74) is 5.43. The van der Waals surface area contributed by atoms with Crippen LogP contribution < -0.4 is 5.32 Å². The molecule has 2 aromatic heterocycles. The molecule has 0 saturated heterocycles. The molecule has 2 aliphatic carbocycles. The number of hydrogen-bond donors (Lipinski definition) is 1. The molecule has 3 aliphatic rings. The van der Waals surface area contributed by atoms with Crippen molar-refractivity contribution >= 4 is 11.8 Å². The SMILES string of the molecule is CCNC(=O)c1nn(CC2CC2)c2c1CN(C(=O)c1c3c(nn1C)CCCC3)CC2. The summed E-state index contributed by atoms with van der Waals surface area (Å²) in [7, 11) is 1.87. The van der Waals surface area contributed by atoms with E-state index in [0.717, 1.165) is 66.9 Å². The summed E-state index contributed by atoms with van der Waals surface area (Å²) in [6, 6.07) is 0. The Morgan fingerprint density at radius 1 is 1.10 bits per heavy atom. The van der Waals surface area contributed by atoms with Crippen LogP contribution in [0.1, 0.15) is 76.1 Å². The standard InChI is InChI=1S/C22H30N6O2/c1-3-23-21(29)19-16-13-27(11-10-18(16)28(25-19)12-14-8-9-14)22(30)20-15-6-4-5-7-17(15)24-26(20)2/h14H,3-13H2,1-2H3,(H,23,29). The van der Waals surface area contributed by atoms with Crippen LogP contribution in [0.3, 0.4) is 0 Å². The van der Waals surface area contributed by atoms with E-state index in [0.29, 0.717) is 31.2 Å². The summed E-state index contributed by atoms with van der Waals surface area (Å²) in [5, 5.41) is 12.2. The fourth-order valence-electron chi connectivity index (χ4n) is 4.89. The topological polar surface area (TPSA) is 85.1 Å². The minimum Gasteiger partial charge on any atom is -0.351 e. The van der Waals surface area contributed by atoms with Gasteiger partial charge in [0.1, 0.15) is 5.69 Å². The first-order chi connectivity index (χ1) is 14.6. The van der Waals surface area contributed by atoms with Gasteiger partial charge in [-0.3, -0.25) is 19.0 Å². The number of nitrogens with one attached hydrogen (secondary N) is 1. The second-order valence-corrected chi connectivity index (χ2v) is 8.84. The molecular formula is C22H30N6O2. The van der Waals surface area contributed by atoms with Crippen molar-refractivity contribution in [1.29, 1.82) is 0 Å². The number of carbonyl (C=O) groups excluding carboxylic acids is 2. The van der Waals surface area contributed by atoms with Crippen LogP contribution in [0.2, 0.25) is 0 Å². The molecule has 1 aliphatic heterocycles. The lowest BCUT2D eigenvalue weighted by molar-refractivity contribution is 0.0718. The van der Waals surface area contributed by atoms with Crippen molar-refractivity contribution < 1.29 is 9.59 Å². The van der Waals surface area contributed by atoms with Crippen LogP contribution in [-0.2, 0) is 39.4 Å². The van der Waals surface area contributed by atoms with Gasteiger partial charge in [0, 0.05) is 49.9 Å². The molecule has 1 N–H and O–H groups in total. The molecule has 0 spiro atoms. The predicted molar refractivity (Wildman–Crippen MR) is 111 cm³/mol. The highest BCUT2D eigenvalue weighted by Gasteiger charge is 2.34. The molecule has 160 valence electrons. The molecule has 2 amide bonds. The van der Waals surface area contributed by atoms with Gasteiger partial charge < -0.3 is 10.2 Å². The zero-order valence-corrected chi connectivity index (χ0v) is 17.9. The number of rotatable bonds is 5. The van der Waals surface area contributed by atoms with Crippen LogP contribution in [0, 0.1) is 5.92 Å². The normalized spacial score (nSPS) is 18.1. The Labute approximate surface area is 176 Å². The van der Waals surface area contributed by atoms with E-state index in [1.54, 1.807) is 4.68 Å². The first-order valence-corrected chi connectivity index (χ1v) is 11.3. The molecule has 8 nitrogen and oxygen atoms in total. The Hall–Kier alpha value is -2.64. The lowest BCUT2D eigenvalue weighted by atomic mass is 9.95. The summed E-state index contributed by atoms with van der Waals surface area (Å²) in [6.45, 7) is 4.44. The molecule has 0 atom stereocenters. The maximum Gasteiger partial charge on any atom is 0.272 e. The van der Waals surface area contributed by atoms with Crippen molar-refractivity contribution in [1.82, 2.24) is 29.8 Å². The van der Waals surface area contributed by atoms with Crippen LogP contribution >= 0.6 is 0 Å². The van der Waals surface area contributed by atoms with E-state index >= 15 is 0 Å². The minimum absolute atomic E-state index is 0.0237. The Kier molecular flexibility index (Phi) is 4.87. The smallest absolute Gasteiger partial charge is 0.272 e. The monoisotopic (exact) mass is 410 g/mol. The Bertz CT molecular complexity index is 1000. The van der Waals surface area contributed by atoms with Crippen molar-refractivity contribution in [2.45, 2.75) is 65.0 Å². The quantitative estimate of drug-likeness (QED) is 0.815. The molecule has 0 radical (unpaired) electrons. The predicted octanol–water partition coefficient (Wildman–Crippen LogP) is 1.85. The highest BCUT2D eigenvalue weighted by Crippen LogP contribution is 2.33. The second-order valence-electron chi connectivity index (χ2n) is 8.84. The van der Waals surface area contributed by atoms with Crippen molar-refractivity contribution in [3.63, 3.8) is 0 Å². The number of nitrogens with zero attached hydrogens (tertiary/aromatic N) is 5. The van der Waals surface area contributed by atoms with Gasteiger partial charge in [-0.05, 0) is 51.4 Å². The zero-order chi connectivity index (χ0) is 20.8. The third kappa shape index (κ3) is 3.32. The van der Waals surface area contributed by atoms with Crippen molar-refractivity contribution in [3.8, 4) is 0 Å². The summed E-state index contributed by atoms with van der Waals surface area (Å²) in [6.07, 6.45) is 7.34. The zero-order valence-electron chi connectivity index (χ0n) is 17.9. The van der Waals surface area contributed by atoms with Crippen LogP contribution in [-0.4, -0.2) is 49.4 Å². The fraction of sp³-hybridized carbons (Fsp3) is 0.636. The maximum atomic E-state index is 13.5. The van der Waals surface area contributed by atoms with Crippen LogP contribution in [0.5, 0.6) is 0 Å². The molecule has 0 unspecified atom stereocenters.